The number of benzene rings is 3. The van der Waals surface area contributed by atoms with E-state index in [2.05, 4.69) is 52.6 Å². The van der Waals surface area contributed by atoms with Crippen molar-refractivity contribution >= 4 is 119 Å². The second-order valence-electron chi connectivity index (χ2n) is 7.81. The number of rotatable bonds is 3. The van der Waals surface area contributed by atoms with Gasteiger partial charge in [0.1, 0.15) is 0 Å². The molecule has 3 aromatic rings. The number of halogens is 8. The van der Waals surface area contributed by atoms with Crippen molar-refractivity contribution in [3.05, 3.63) is 81.0 Å². The minimum atomic E-state index is -0.156. The molecule has 0 saturated carbocycles. The Hall–Kier alpha value is 0.160. The summed E-state index contributed by atoms with van der Waals surface area (Å²) in [5, 5.41) is 2.26. The summed E-state index contributed by atoms with van der Waals surface area (Å²) in [4.78, 5) is 1.70. The van der Waals surface area contributed by atoms with Crippen molar-refractivity contribution in [1.82, 2.24) is 0 Å². The molecule has 0 N–H and O–H groups in total. The van der Waals surface area contributed by atoms with E-state index in [9.17, 15) is 0 Å². The highest BCUT2D eigenvalue weighted by atomic mass is 79.9. The van der Waals surface area contributed by atoms with E-state index in [4.69, 9.17) is 69.6 Å². The topological polar surface area (TPSA) is 3.24 Å². The zero-order valence-electron chi connectivity index (χ0n) is 16.4. The fraction of sp³-hybridized carbons (Fsp3) is 0.182. The highest BCUT2D eigenvalue weighted by Gasteiger charge is 2.29. The van der Waals surface area contributed by atoms with Crippen LogP contribution in [0, 0.1) is 0 Å². The van der Waals surface area contributed by atoms with E-state index in [-0.39, 0.29) is 5.41 Å². The molecular weight excluding hydrogens is 651 g/mol. The van der Waals surface area contributed by atoms with Crippen LogP contribution in [-0.2, 0) is 5.41 Å². The third-order valence-corrected chi connectivity index (χ3v) is 7.16. The molecule has 0 aromatic heterocycles. The lowest BCUT2D eigenvalue weighted by atomic mass is 9.87. The second kappa shape index (κ2) is 9.80. The number of hydrogen-bond donors (Lipinski definition) is 0. The second-order valence-corrected chi connectivity index (χ2v) is 12.1. The molecule has 3 rings (SSSR count). The molecule has 3 aromatic carbocycles. The third kappa shape index (κ3) is 5.46. The predicted molar refractivity (Wildman–Crippen MR) is 145 cm³/mol. The largest absolute Gasteiger partial charge is 0.302 e. The molecule has 0 saturated heterocycles. The van der Waals surface area contributed by atoms with Crippen molar-refractivity contribution in [2.24, 2.45) is 0 Å². The maximum Gasteiger partial charge on any atom is 0.0838 e. The first kappa shape index (κ1) is 25.8. The molecule has 0 atom stereocenters. The predicted octanol–water partition coefficient (Wildman–Crippen LogP) is 11.9. The van der Waals surface area contributed by atoms with Crippen LogP contribution in [0.5, 0.6) is 0 Å². The van der Waals surface area contributed by atoms with E-state index in [0.717, 1.165) is 14.5 Å². The van der Waals surface area contributed by atoms with E-state index >= 15 is 0 Å². The summed E-state index contributed by atoms with van der Waals surface area (Å²) >= 11 is 46.9. The zero-order valence-corrected chi connectivity index (χ0v) is 24.1. The van der Waals surface area contributed by atoms with Gasteiger partial charge in [0.05, 0.1) is 47.2 Å². The number of anilines is 3. The third-order valence-electron chi connectivity index (χ3n) is 4.52. The van der Waals surface area contributed by atoms with Gasteiger partial charge in [-0.15, -0.1) is 0 Å². The molecule has 0 radical (unpaired) electrons. The van der Waals surface area contributed by atoms with E-state index < -0.39 is 0 Å². The van der Waals surface area contributed by atoms with E-state index in [1.807, 2.05) is 12.1 Å². The van der Waals surface area contributed by atoms with Gasteiger partial charge in [-0.3, -0.25) is 0 Å². The van der Waals surface area contributed by atoms with Crippen LogP contribution >= 0.6 is 101 Å². The molecular formula is C22H15Br2Cl6N. The Morgan fingerprint density at radius 2 is 0.806 bits per heavy atom. The molecule has 0 bridgehead atoms. The summed E-state index contributed by atoms with van der Waals surface area (Å²) in [5.74, 6) is 0. The SMILES string of the molecule is CC(C)(C)c1cc(Cl)c(N(c2c(Cl)cc(Br)cc2Cl)c2c(Cl)cc(Br)cc2Cl)c(Cl)c1. The summed E-state index contributed by atoms with van der Waals surface area (Å²) in [6, 6.07) is 10.6. The van der Waals surface area contributed by atoms with Crippen LogP contribution in [0.4, 0.5) is 17.1 Å². The molecule has 0 aliphatic heterocycles. The van der Waals surface area contributed by atoms with Gasteiger partial charge in [-0.25, -0.2) is 0 Å². The van der Waals surface area contributed by atoms with E-state index in [1.54, 1.807) is 29.2 Å². The maximum absolute atomic E-state index is 6.79. The number of hydrogen-bond acceptors (Lipinski definition) is 1. The molecule has 0 aliphatic carbocycles. The van der Waals surface area contributed by atoms with Crippen LogP contribution in [0.1, 0.15) is 26.3 Å². The van der Waals surface area contributed by atoms with Crippen LogP contribution in [0.3, 0.4) is 0 Å². The van der Waals surface area contributed by atoms with Gasteiger partial charge in [0.2, 0.25) is 0 Å². The lowest BCUT2D eigenvalue weighted by Crippen LogP contribution is -2.16. The van der Waals surface area contributed by atoms with Gasteiger partial charge in [0.15, 0.2) is 0 Å². The lowest BCUT2D eigenvalue weighted by molar-refractivity contribution is 0.590. The minimum absolute atomic E-state index is 0.156. The van der Waals surface area contributed by atoms with Crippen molar-refractivity contribution in [3.63, 3.8) is 0 Å². The highest BCUT2D eigenvalue weighted by molar-refractivity contribution is 9.10. The zero-order chi connectivity index (χ0) is 23.2. The van der Waals surface area contributed by atoms with Crippen molar-refractivity contribution in [1.29, 1.82) is 0 Å². The summed E-state index contributed by atoms with van der Waals surface area (Å²) in [6.07, 6.45) is 0. The highest BCUT2D eigenvalue weighted by Crippen LogP contribution is 2.53. The van der Waals surface area contributed by atoms with Crippen molar-refractivity contribution in [3.8, 4) is 0 Å². The van der Waals surface area contributed by atoms with Crippen molar-refractivity contribution in [2.45, 2.75) is 26.2 Å². The van der Waals surface area contributed by atoms with Gasteiger partial charge in [0.25, 0.3) is 0 Å². The molecule has 1 nitrogen and oxygen atoms in total. The van der Waals surface area contributed by atoms with Crippen LogP contribution in [0.15, 0.2) is 45.3 Å². The molecule has 0 unspecified atom stereocenters. The first-order chi connectivity index (χ1) is 14.3. The van der Waals surface area contributed by atoms with E-state index in [1.165, 1.54) is 0 Å². The van der Waals surface area contributed by atoms with Gasteiger partial charge in [-0.05, 0) is 47.4 Å². The quantitative estimate of drug-likeness (QED) is 0.269. The normalized spacial score (nSPS) is 11.7. The molecule has 9 heteroatoms. The maximum atomic E-state index is 6.79. The molecule has 31 heavy (non-hydrogen) atoms. The molecule has 0 spiro atoms. The summed E-state index contributed by atoms with van der Waals surface area (Å²) < 4.78 is 1.44. The summed E-state index contributed by atoms with van der Waals surface area (Å²) in [7, 11) is 0. The monoisotopic (exact) mass is 661 g/mol. The Labute approximate surface area is 228 Å². The Morgan fingerprint density at radius 3 is 1.06 bits per heavy atom. The van der Waals surface area contributed by atoms with Crippen LogP contribution < -0.4 is 4.90 Å². The fourth-order valence-electron chi connectivity index (χ4n) is 3.04. The lowest BCUT2D eigenvalue weighted by Gasteiger charge is -2.31. The average molecular weight is 666 g/mol. The van der Waals surface area contributed by atoms with Gasteiger partial charge in [-0.2, -0.15) is 0 Å². The van der Waals surface area contributed by atoms with Gasteiger partial charge in [0, 0.05) is 8.95 Å². The van der Waals surface area contributed by atoms with E-state index in [0.29, 0.717) is 47.2 Å². The minimum Gasteiger partial charge on any atom is -0.302 e. The number of nitrogens with zero attached hydrogens (tertiary/aromatic N) is 1. The Balaban J connectivity index is 2.43. The Morgan fingerprint density at radius 1 is 0.548 bits per heavy atom. The molecule has 0 amide bonds. The Bertz CT molecular complexity index is 1050. The molecule has 0 heterocycles. The van der Waals surface area contributed by atoms with Crippen molar-refractivity contribution in [2.75, 3.05) is 4.90 Å². The fourth-order valence-corrected chi connectivity index (χ4v) is 6.46. The molecule has 164 valence electrons. The van der Waals surface area contributed by atoms with Gasteiger partial charge in [-0.1, -0.05) is 122 Å². The van der Waals surface area contributed by atoms with Crippen LogP contribution in [-0.4, -0.2) is 0 Å². The van der Waals surface area contributed by atoms with Gasteiger partial charge < -0.3 is 4.90 Å². The standard InChI is InChI=1S/C22H15Br2Cl6N/c1-22(2,3)10-4-13(25)19(14(26)5-10)31(20-15(27)6-11(23)7-16(20)28)21-17(29)8-12(24)9-18(21)30/h4-9H,1-3H3. The van der Waals surface area contributed by atoms with Crippen LogP contribution in [0.25, 0.3) is 0 Å². The first-order valence-electron chi connectivity index (χ1n) is 8.90. The van der Waals surface area contributed by atoms with Crippen molar-refractivity contribution < 1.29 is 0 Å². The smallest absolute Gasteiger partial charge is 0.0838 e. The average Bonchev–Trinajstić information content (AvgIpc) is 2.58. The van der Waals surface area contributed by atoms with Gasteiger partial charge >= 0.3 is 0 Å². The summed E-state index contributed by atoms with van der Waals surface area (Å²) in [5.41, 5.74) is 2.19. The van der Waals surface area contributed by atoms with Crippen LogP contribution in [0.2, 0.25) is 30.1 Å². The Kier molecular flexibility index (Phi) is 8.15. The first-order valence-corrected chi connectivity index (χ1v) is 12.8. The molecule has 0 fully saturated rings. The molecule has 0 aliphatic rings. The summed E-state index contributed by atoms with van der Waals surface area (Å²) in [6.45, 7) is 6.24.